The van der Waals surface area contributed by atoms with Gasteiger partial charge in [0.25, 0.3) is 11.8 Å². The van der Waals surface area contributed by atoms with E-state index in [0.29, 0.717) is 34.1 Å². The summed E-state index contributed by atoms with van der Waals surface area (Å²) in [5.74, 6) is 1.10. The molecule has 0 unspecified atom stereocenters. The first kappa shape index (κ1) is 20.8. The highest BCUT2D eigenvalue weighted by Gasteiger charge is 2.37. The number of carbonyl (C=O) groups excluding carboxylic acids is 2. The van der Waals surface area contributed by atoms with Crippen LogP contribution in [0.5, 0.6) is 17.2 Å². The van der Waals surface area contributed by atoms with E-state index in [1.807, 2.05) is 11.9 Å². The first-order valence-electron chi connectivity index (χ1n) is 10.3. The lowest BCUT2D eigenvalue weighted by Gasteiger charge is -2.46. The van der Waals surface area contributed by atoms with Gasteiger partial charge in [0.2, 0.25) is 5.75 Å². The van der Waals surface area contributed by atoms with Crippen molar-refractivity contribution < 1.29 is 23.8 Å². The van der Waals surface area contributed by atoms with Crippen LogP contribution in [-0.4, -0.2) is 57.8 Å². The Bertz CT molecular complexity index is 997. The molecule has 4 rings (SSSR count). The lowest BCUT2D eigenvalue weighted by molar-refractivity contribution is 0.0589. The summed E-state index contributed by atoms with van der Waals surface area (Å²) in [6, 6.07) is 8.55. The molecule has 2 aliphatic heterocycles. The first-order valence-corrected chi connectivity index (χ1v) is 10.3. The number of ether oxygens (including phenoxy) is 3. The van der Waals surface area contributed by atoms with Crippen LogP contribution in [-0.2, 0) is 0 Å². The van der Waals surface area contributed by atoms with Crippen molar-refractivity contribution in [2.45, 2.75) is 25.4 Å². The zero-order chi connectivity index (χ0) is 22.1. The molecule has 1 atom stereocenters. The maximum atomic E-state index is 13.0. The Morgan fingerprint density at radius 1 is 1.03 bits per heavy atom. The van der Waals surface area contributed by atoms with E-state index in [9.17, 15) is 9.59 Å². The number of benzene rings is 2. The number of hydrogen-bond donors (Lipinski definition) is 1. The molecule has 0 radical (unpaired) electrons. The average molecular weight is 425 g/mol. The van der Waals surface area contributed by atoms with Crippen molar-refractivity contribution in [3.8, 4) is 17.2 Å². The van der Waals surface area contributed by atoms with E-state index in [1.165, 1.54) is 21.3 Å². The van der Waals surface area contributed by atoms with Crippen LogP contribution in [0.4, 0.5) is 11.4 Å². The smallest absolute Gasteiger partial charge is 0.257 e. The van der Waals surface area contributed by atoms with Gasteiger partial charge in [0.1, 0.15) is 6.17 Å². The Kier molecular flexibility index (Phi) is 5.63. The fourth-order valence-corrected chi connectivity index (χ4v) is 4.37. The summed E-state index contributed by atoms with van der Waals surface area (Å²) < 4.78 is 16.0. The molecule has 8 heteroatoms. The summed E-state index contributed by atoms with van der Waals surface area (Å²) in [4.78, 5) is 30.0. The van der Waals surface area contributed by atoms with E-state index in [4.69, 9.17) is 14.2 Å². The molecule has 2 amide bonds. The minimum Gasteiger partial charge on any atom is -0.493 e. The van der Waals surface area contributed by atoms with Crippen molar-refractivity contribution in [1.29, 1.82) is 0 Å². The normalized spacial score (nSPS) is 17.5. The van der Waals surface area contributed by atoms with Crippen molar-refractivity contribution >= 4 is 23.2 Å². The van der Waals surface area contributed by atoms with Crippen molar-refractivity contribution in [2.24, 2.45) is 0 Å². The SMILES string of the molecule is COc1cc(NC(=O)c2ccc3c(c2)N(C)[C@@H]2CCCCN2C3=O)cc(OC)c1OC. The molecule has 1 fully saturated rings. The molecule has 8 nitrogen and oxygen atoms in total. The molecule has 1 saturated heterocycles. The van der Waals surface area contributed by atoms with Crippen LogP contribution in [0, 0.1) is 0 Å². The van der Waals surface area contributed by atoms with E-state index in [-0.39, 0.29) is 18.0 Å². The molecule has 2 heterocycles. The summed E-state index contributed by atoms with van der Waals surface area (Å²) in [6.07, 6.45) is 3.10. The minimum absolute atomic E-state index is 0.0365. The number of piperidine rings is 1. The molecule has 0 bridgehead atoms. The van der Waals surface area contributed by atoms with Gasteiger partial charge < -0.3 is 29.3 Å². The minimum atomic E-state index is -0.288. The Hall–Kier alpha value is -3.42. The number of rotatable bonds is 5. The topological polar surface area (TPSA) is 80.3 Å². The first-order chi connectivity index (χ1) is 15.0. The van der Waals surface area contributed by atoms with Crippen LogP contribution in [0.1, 0.15) is 40.0 Å². The molecule has 0 aromatic heterocycles. The van der Waals surface area contributed by atoms with Gasteiger partial charge in [-0.05, 0) is 37.5 Å². The Morgan fingerprint density at radius 2 is 1.74 bits per heavy atom. The van der Waals surface area contributed by atoms with Gasteiger partial charge in [0, 0.05) is 37.0 Å². The lowest BCUT2D eigenvalue weighted by Crippen LogP contribution is -2.55. The Balaban J connectivity index is 1.62. The Labute approximate surface area is 181 Å². The average Bonchev–Trinajstić information content (AvgIpc) is 2.81. The summed E-state index contributed by atoms with van der Waals surface area (Å²) >= 11 is 0. The van der Waals surface area contributed by atoms with E-state index in [2.05, 4.69) is 10.2 Å². The summed E-state index contributed by atoms with van der Waals surface area (Å²) in [5, 5.41) is 2.88. The fraction of sp³-hybridized carbons (Fsp3) is 0.391. The standard InChI is InChI=1S/C23H27N3O5/c1-25-17-11-14(8-9-16(17)23(28)26-10-6-5-7-20(25)26)22(27)24-15-12-18(29-2)21(31-4)19(13-15)30-3/h8-9,11-13,20H,5-7,10H2,1-4H3,(H,24,27)/t20-/m0/s1. The second kappa shape index (κ2) is 8.37. The van der Waals surface area contributed by atoms with Gasteiger partial charge in [-0.25, -0.2) is 0 Å². The van der Waals surface area contributed by atoms with Gasteiger partial charge in [-0.15, -0.1) is 0 Å². The van der Waals surface area contributed by atoms with E-state index >= 15 is 0 Å². The second-order valence-corrected chi connectivity index (χ2v) is 7.69. The molecular weight excluding hydrogens is 398 g/mol. The van der Waals surface area contributed by atoms with Crippen LogP contribution in [0.15, 0.2) is 30.3 Å². The van der Waals surface area contributed by atoms with Crippen molar-refractivity contribution in [2.75, 3.05) is 45.1 Å². The van der Waals surface area contributed by atoms with Gasteiger partial charge in [-0.2, -0.15) is 0 Å². The quantitative estimate of drug-likeness (QED) is 0.791. The fourth-order valence-electron chi connectivity index (χ4n) is 4.37. The maximum Gasteiger partial charge on any atom is 0.257 e. The number of nitrogens with zero attached hydrogens (tertiary/aromatic N) is 2. The zero-order valence-corrected chi connectivity index (χ0v) is 18.2. The molecule has 2 aromatic carbocycles. The number of carbonyl (C=O) groups is 2. The maximum absolute atomic E-state index is 13.0. The lowest BCUT2D eigenvalue weighted by atomic mass is 9.97. The molecule has 1 N–H and O–H groups in total. The predicted molar refractivity (Wildman–Crippen MR) is 118 cm³/mol. The summed E-state index contributed by atoms with van der Waals surface area (Å²) in [7, 11) is 6.55. The molecule has 0 saturated carbocycles. The van der Waals surface area contributed by atoms with Crippen molar-refractivity contribution in [3.63, 3.8) is 0 Å². The number of methoxy groups -OCH3 is 3. The van der Waals surface area contributed by atoms with Gasteiger partial charge in [-0.3, -0.25) is 9.59 Å². The predicted octanol–water partition coefficient (Wildman–Crippen LogP) is 3.37. The van der Waals surface area contributed by atoms with E-state index in [0.717, 1.165) is 31.5 Å². The molecular formula is C23H27N3O5. The molecule has 2 aliphatic rings. The largest absolute Gasteiger partial charge is 0.493 e. The third kappa shape index (κ3) is 3.62. The highest BCUT2D eigenvalue weighted by molar-refractivity contribution is 6.08. The van der Waals surface area contributed by atoms with Gasteiger partial charge in [0.15, 0.2) is 11.5 Å². The third-order valence-electron chi connectivity index (χ3n) is 5.97. The summed E-state index contributed by atoms with van der Waals surface area (Å²) in [6.45, 7) is 0.774. The van der Waals surface area contributed by atoms with Crippen LogP contribution in [0.3, 0.4) is 0 Å². The van der Waals surface area contributed by atoms with Gasteiger partial charge in [0.05, 0.1) is 32.6 Å². The number of hydrogen-bond acceptors (Lipinski definition) is 6. The van der Waals surface area contributed by atoms with Crippen molar-refractivity contribution in [1.82, 2.24) is 4.90 Å². The number of nitrogens with one attached hydrogen (secondary N) is 1. The molecule has 0 spiro atoms. The Morgan fingerprint density at radius 3 is 2.39 bits per heavy atom. The van der Waals surface area contributed by atoms with Gasteiger partial charge in [-0.1, -0.05) is 0 Å². The third-order valence-corrected chi connectivity index (χ3v) is 5.97. The zero-order valence-electron chi connectivity index (χ0n) is 18.2. The van der Waals surface area contributed by atoms with Crippen LogP contribution >= 0.6 is 0 Å². The molecule has 2 aromatic rings. The second-order valence-electron chi connectivity index (χ2n) is 7.69. The van der Waals surface area contributed by atoms with Crippen LogP contribution in [0.2, 0.25) is 0 Å². The van der Waals surface area contributed by atoms with Crippen LogP contribution < -0.4 is 24.4 Å². The molecule has 31 heavy (non-hydrogen) atoms. The number of amides is 2. The highest BCUT2D eigenvalue weighted by Crippen LogP contribution is 2.40. The monoisotopic (exact) mass is 425 g/mol. The highest BCUT2D eigenvalue weighted by atomic mass is 16.5. The van der Waals surface area contributed by atoms with E-state index in [1.54, 1.807) is 30.3 Å². The number of anilines is 2. The molecule has 164 valence electrons. The van der Waals surface area contributed by atoms with Crippen molar-refractivity contribution in [3.05, 3.63) is 41.5 Å². The van der Waals surface area contributed by atoms with E-state index < -0.39 is 0 Å². The molecule has 0 aliphatic carbocycles. The summed E-state index contributed by atoms with van der Waals surface area (Å²) in [5.41, 5.74) is 2.40. The number of fused-ring (bicyclic) bond motifs is 2. The van der Waals surface area contributed by atoms with Gasteiger partial charge >= 0.3 is 0 Å². The van der Waals surface area contributed by atoms with Crippen LogP contribution in [0.25, 0.3) is 0 Å².